The molecule has 0 aliphatic rings. The molecule has 1 N–H and O–H groups in total. The molecular formula is C17H11ClFN3O2. The summed E-state index contributed by atoms with van der Waals surface area (Å²) in [7, 11) is 0. The molecule has 2 aromatic heterocycles. The fraction of sp³-hybridized carbons (Fsp3) is 0. The molecule has 0 radical (unpaired) electrons. The fourth-order valence-electron chi connectivity index (χ4n) is 1.92. The molecule has 0 aliphatic heterocycles. The van der Waals surface area contributed by atoms with Crippen LogP contribution in [-0.2, 0) is 0 Å². The standard InChI is InChI=1S/C17H11ClFN3O2/c18-13-10-20-8-7-15(13)24-16-6-2-5-14(22-16)17(23)21-12-4-1-3-11(19)9-12/h1-10H,(H,21,23). The van der Waals surface area contributed by atoms with Gasteiger partial charge in [-0.15, -0.1) is 0 Å². The lowest BCUT2D eigenvalue weighted by Crippen LogP contribution is -2.13. The Bertz CT molecular complexity index is 889. The molecule has 0 aliphatic carbocycles. The van der Waals surface area contributed by atoms with Gasteiger partial charge in [0.1, 0.15) is 16.5 Å². The minimum absolute atomic E-state index is 0.127. The zero-order chi connectivity index (χ0) is 16.9. The number of rotatable bonds is 4. The Morgan fingerprint density at radius 1 is 1.17 bits per heavy atom. The number of carbonyl (C=O) groups excluding carboxylic acids is 1. The first-order valence-corrected chi connectivity index (χ1v) is 7.31. The molecule has 0 unspecified atom stereocenters. The number of nitrogens with zero attached hydrogens (tertiary/aromatic N) is 2. The van der Waals surface area contributed by atoms with Crippen molar-refractivity contribution in [1.29, 1.82) is 0 Å². The second kappa shape index (κ2) is 7.06. The van der Waals surface area contributed by atoms with Gasteiger partial charge < -0.3 is 10.1 Å². The minimum atomic E-state index is -0.480. The molecule has 3 aromatic rings. The normalized spacial score (nSPS) is 10.2. The first kappa shape index (κ1) is 15.9. The maximum absolute atomic E-state index is 13.2. The van der Waals surface area contributed by atoms with Crippen LogP contribution in [0.1, 0.15) is 10.5 Å². The highest BCUT2D eigenvalue weighted by Crippen LogP contribution is 2.27. The summed E-state index contributed by atoms with van der Waals surface area (Å²) < 4.78 is 18.7. The molecule has 0 saturated heterocycles. The van der Waals surface area contributed by atoms with E-state index in [9.17, 15) is 9.18 Å². The number of carbonyl (C=O) groups is 1. The number of hydrogen-bond donors (Lipinski definition) is 1. The Morgan fingerprint density at radius 3 is 2.79 bits per heavy atom. The Kier molecular flexibility index (Phi) is 4.67. The van der Waals surface area contributed by atoms with Crippen LogP contribution >= 0.6 is 11.6 Å². The van der Waals surface area contributed by atoms with E-state index >= 15 is 0 Å². The molecule has 0 fully saturated rings. The van der Waals surface area contributed by atoms with Gasteiger partial charge in [0.15, 0.2) is 5.75 Å². The van der Waals surface area contributed by atoms with Gasteiger partial charge in [0, 0.05) is 30.2 Å². The smallest absolute Gasteiger partial charge is 0.274 e. The van der Waals surface area contributed by atoms with Gasteiger partial charge in [-0.05, 0) is 24.3 Å². The number of anilines is 1. The van der Waals surface area contributed by atoms with Crippen LogP contribution in [0.25, 0.3) is 0 Å². The Morgan fingerprint density at radius 2 is 2.00 bits per heavy atom. The molecule has 0 saturated carbocycles. The molecule has 1 amide bonds. The molecule has 120 valence electrons. The second-order valence-electron chi connectivity index (χ2n) is 4.73. The molecule has 1 aromatic carbocycles. The second-order valence-corrected chi connectivity index (χ2v) is 5.14. The predicted octanol–water partition coefficient (Wildman–Crippen LogP) is 4.31. The monoisotopic (exact) mass is 343 g/mol. The fourth-order valence-corrected chi connectivity index (χ4v) is 2.08. The molecule has 0 atom stereocenters. The van der Waals surface area contributed by atoms with Crippen molar-refractivity contribution in [2.75, 3.05) is 5.32 Å². The van der Waals surface area contributed by atoms with E-state index in [0.29, 0.717) is 16.5 Å². The number of benzene rings is 1. The Labute approximate surface area is 142 Å². The summed E-state index contributed by atoms with van der Waals surface area (Å²) in [5.41, 5.74) is 0.465. The molecule has 24 heavy (non-hydrogen) atoms. The number of pyridine rings is 2. The molecule has 2 heterocycles. The van der Waals surface area contributed by atoms with E-state index in [1.54, 1.807) is 24.3 Å². The molecule has 5 nitrogen and oxygen atoms in total. The maximum atomic E-state index is 13.2. The summed E-state index contributed by atoms with van der Waals surface area (Å²) >= 11 is 5.97. The lowest BCUT2D eigenvalue weighted by atomic mass is 10.3. The predicted molar refractivity (Wildman–Crippen MR) is 87.9 cm³/mol. The summed E-state index contributed by atoms with van der Waals surface area (Å²) in [4.78, 5) is 20.2. The molecular weight excluding hydrogens is 333 g/mol. The van der Waals surface area contributed by atoms with Gasteiger partial charge in [-0.1, -0.05) is 23.7 Å². The van der Waals surface area contributed by atoms with Crippen LogP contribution in [0.4, 0.5) is 10.1 Å². The third kappa shape index (κ3) is 3.85. The van der Waals surface area contributed by atoms with Crippen LogP contribution in [0.3, 0.4) is 0 Å². The van der Waals surface area contributed by atoms with E-state index in [1.165, 1.54) is 36.7 Å². The van der Waals surface area contributed by atoms with Gasteiger partial charge in [0.25, 0.3) is 5.91 Å². The number of nitrogens with one attached hydrogen (secondary N) is 1. The van der Waals surface area contributed by atoms with Crippen LogP contribution in [0.5, 0.6) is 11.6 Å². The summed E-state index contributed by atoms with van der Waals surface area (Å²) in [6.45, 7) is 0. The summed E-state index contributed by atoms with van der Waals surface area (Å²) in [5.74, 6) is -0.339. The minimum Gasteiger partial charge on any atom is -0.437 e. The van der Waals surface area contributed by atoms with Crippen molar-refractivity contribution in [3.05, 3.63) is 77.5 Å². The van der Waals surface area contributed by atoms with Crippen molar-refractivity contribution in [3.8, 4) is 11.6 Å². The third-order valence-electron chi connectivity index (χ3n) is 2.99. The summed E-state index contributed by atoms with van der Waals surface area (Å²) in [6, 6.07) is 11.9. The van der Waals surface area contributed by atoms with E-state index in [2.05, 4.69) is 15.3 Å². The first-order valence-electron chi connectivity index (χ1n) is 6.93. The number of aromatic nitrogens is 2. The van der Waals surface area contributed by atoms with Crippen molar-refractivity contribution >= 4 is 23.2 Å². The van der Waals surface area contributed by atoms with Crippen molar-refractivity contribution in [2.24, 2.45) is 0 Å². The number of hydrogen-bond acceptors (Lipinski definition) is 4. The average Bonchev–Trinajstić information content (AvgIpc) is 2.57. The SMILES string of the molecule is O=C(Nc1cccc(F)c1)c1cccc(Oc2ccncc2Cl)n1. The van der Waals surface area contributed by atoms with Gasteiger partial charge >= 0.3 is 0 Å². The van der Waals surface area contributed by atoms with Gasteiger partial charge in [0.05, 0.1) is 0 Å². The topological polar surface area (TPSA) is 64.1 Å². The van der Waals surface area contributed by atoms with E-state index in [4.69, 9.17) is 16.3 Å². The highest BCUT2D eigenvalue weighted by molar-refractivity contribution is 6.31. The van der Waals surface area contributed by atoms with Crippen LogP contribution in [0, 0.1) is 5.82 Å². The highest BCUT2D eigenvalue weighted by Gasteiger charge is 2.11. The van der Waals surface area contributed by atoms with Crippen molar-refractivity contribution < 1.29 is 13.9 Å². The van der Waals surface area contributed by atoms with Gasteiger partial charge in [-0.25, -0.2) is 9.37 Å². The molecule has 0 spiro atoms. The van der Waals surface area contributed by atoms with E-state index in [0.717, 1.165) is 0 Å². The molecule has 0 bridgehead atoms. The van der Waals surface area contributed by atoms with Crippen LogP contribution in [0.15, 0.2) is 60.9 Å². The Hall–Kier alpha value is -2.99. The Balaban J connectivity index is 1.77. The van der Waals surface area contributed by atoms with Crippen molar-refractivity contribution in [1.82, 2.24) is 9.97 Å². The van der Waals surface area contributed by atoms with Gasteiger partial charge in [0.2, 0.25) is 5.88 Å². The number of amides is 1. The van der Waals surface area contributed by atoms with Gasteiger partial charge in [-0.2, -0.15) is 0 Å². The van der Waals surface area contributed by atoms with E-state index in [-0.39, 0.29) is 11.6 Å². The van der Waals surface area contributed by atoms with Gasteiger partial charge in [-0.3, -0.25) is 9.78 Å². The van der Waals surface area contributed by atoms with Crippen LogP contribution < -0.4 is 10.1 Å². The van der Waals surface area contributed by atoms with E-state index in [1.807, 2.05) is 0 Å². The zero-order valence-corrected chi connectivity index (χ0v) is 13.0. The summed E-state index contributed by atoms with van der Waals surface area (Å²) in [6.07, 6.45) is 2.97. The zero-order valence-electron chi connectivity index (χ0n) is 12.2. The number of halogens is 2. The van der Waals surface area contributed by atoms with Crippen molar-refractivity contribution in [2.45, 2.75) is 0 Å². The summed E-state index contributed by atoms with van der Waals surface area (Å²) in [5, 5.41) is 2.90. The van der Waals surface area contributed by atoms with E-state index < -0.39 is 11.7 Å². The molecule has 7 heteroatoms. The highest BCUT2D eigenvalue weighted by atomic mass is 35.5. The maximum Gasteiger partial charge on any atom is 0.274 e. The average molecular weight is 344 g/mol. The lowest BCUT2D eigenvalue weighted by molar-refractivity contribution is 0.102. The third-order valence-corrected chi connectivity index (χ3v) is 3.27. The number of ether oxygens (including phenoxy) is 1. The molecule has 3 rings (SSSR count). The van der Waals surface area contributed by atoms with Crippen LogP contribution in [-0.4, -0.2) is 15.9 Å². The largest absolute Gasteiger partial charge is 0.437 e. The first-order chi connectivity index (χ1) is 11.6. The van der Waals surface area contributed by atoms with Crippen LogP contribution in [0.2, 0.25) is 5.02 Å². The van der Waals surface area contributed by atoms with Crippen molar-refractivity contribution in [3.63, 3.8) is 0 Å². The lowest BCUT2D eigenvalue weighted by Gasteiger charge is -2.08. The quantitative estimate of drug-likeness (QED) is 0.766.